The molecule has 2 rings (SSSR count). The van der Waals surface area contributed by atoms with E-state index in [-0.39, 0.29) is 24.0 Å². The average molecular weight is 332 g/mol. The molecule has 0 unspecified atom stereocenters. The van der Waals surface area contributed by atoms with Gasteiger partial charge in [-0.3, -0.25) is 9.98 Å². The first-order valence-corrected chi connectivity index (χ1v) is 5.29. The summed E-state index contributed by atoms with van der Waals surface area (Å²) < 4.78 is 0. The monoisotopic (exact) mass is 332 g/mol. The minimum atomic E-state index is 0. The van der Waals surface area contributed by atoms with Crippen LogP contribution in [-0.4, -0.2) is 24.0 Å². The number of halogens is 1. The molecule has 5 heteroatoms. The van der Waals surface area contributed by atoms with Crippen LogP contribution >= 0.6 is 24.0 Å². The Morgan fingerprint density at radius 1 is 1.50 bits per heavy atom. The largest absolute Gasteiger partial charge is 0.356 e. The lowest BCUT2D eigenvalue weighted by atomic mass is 10.2. The number of hydrogen-bond acceptors (Lipinski definition) is 4. The topological polar surface area (TPSA) is 49.3 Å². The molecule has 0 amide bonds. The molecular formula is C11H17IN4. The van der Waals surface area contributed by atoms with Crippen molar-refractivity contribution in [1.29, 1.82) is 0 Å². The van der Waals surface area contributed by atoms with Crippen molar-refractivity contribution in [3.8, 4) is 0 Å². The van der Waals surface area contributed by atoms with E-state index in [1.807, 2.05) is 12.3 Å². The van der Waals surface area contributed by atoms with Gasteiger partial charge in [0.1, 0.15) is 0 Å². The predicted molar refractivity (Wildman–Crippen MR) is 76.2 cm³/mol. The number of guanidine groups is 1. The SMILES string of the molecule is Cc1cccnc1CNC1=NCCCN1.I. The van der Waals surface area contributed by atoms with Gasteiger partial charge in [0.15, 0.2) is 5.96 Å². The van der Waals surface area contributed by atoms with Gasteiger partial charge >= 0.3 is 0 Å². The number of aryl methyl sites for hydroxylation is 1. The summed E-state index contributed by atoms with van der Waals surface area (Å²) in [6, 6.07) is 4.02. The van der Waals surface area contributed by atoms with E-state index in [9.17, 15) is 0 Å². The summed E-state index contributed by atoms with van der Waals surface area (Å²) >= 11 is 0. The van der Waals surface area contributed by atoms with Crippen LogP contribution < -0.4 is 10.6 Å². The Labute approximate surface area is 113 Å². The molecule has 0 atom stereocenters. The summed E-state index contributed by atoms with van der Waals surface area (Å²) in [7, 11) is 0. The van der Waals surface area contributed by atoms with Crippen molar-refractivity contribution < 1.29 is 0 Å². The fourth-order valence-corrected chi connectivity index (χ4v) is 1.52. The highest BCUT2D eigenvalue weighted by Crippen LogP contribution is 2.02. The van der Waals surface area contributed by atoms with E-state index >= 15 is 0 Å². The maximum atomic E-state index is 4.34. The van der Waals surface area contributed by atoms with Crippen LogP contribution in [0.25, 0.3) is 0 Å². The van der Waals surface area contributed by atoms with Crippen molar-refractivity contribution in [2.75, 3.05) is 13.1 Å². The van der Waals surface area contributed by atoms with Crippen molar-refractivity contribution in [3.05, 3.63) is 29.6 Å². The number of hydrogen-bond donors (Lipinski definition) is 2. The number of nitrogens with zero attached hydrogens (tertiary/aromatic N) is 2. The van der Waals surface area contributed by atoms with Crippen LogP contribution in [0.2, 0.25) is 0 Å². The Hall–Kier alpha value is -0.850. The second-order valence-electron chi connectivity index (χ2n) is 3.63. The summed E-state index contributed by atoms with van der Waals surface area (Å²) in [5.74, 6) is 0.895. The molecule has 1 aromatic rings. The summed E-state index contributed by atoms with van der Waals surface area (Å²) in [6.45, 7) is 4.72. The fraction of sp³-hybridized carbons (Fsp3) is 0.455. The van der Waals surface area contributed by atoms with Crippen LogP contribution in [0.3, 0.4) is 0 Å². The smallest absolute Gasteiger partial charge is 0.191 e. The van der Waals surface area contributed by atoms with Crippen molar-refractivity contribution in [2.45, 2.75) is 19.9 Å². The molecule has 0 radical (unpaired) electrons. The molecule has 0 spiro atoms. The highest BCUT2D eigenvalue weighted by molar-refractivity contribution is 14.0. The lowest BCUT2D eigenvalue weighted by Gasteiger charge is -2.16. The molecular weight excluding hydrogens is 315 g/mol. The minimum Gasteiger partial charge on any atom is -0.356 e. The Balaban J connectivity index is 0.00000128. The van der Waals surface area contributed by atoms with Gasteiger partial charge in [0.25, 0.3) is 0 Å². The molecule has 0 bridgehead atoms. The van der Waals surface area contributed by atoms with Crippen molar-refractivity contribution >= 4 is 29.9 Å². The highest BCUT2D eigenvalue weighted by Gasteiger charge is 2.04. The van der Waals surface area contributed by atoms with E-state index in [0.717, 1.165) is 37.7 Å². The quantitative estimate of drug-likeness (QED) is 0.806. The molecule has 1 aliphatic heterocycles. The van der Waals surface area contributed by atoms with E-state index in [2.05, 4.69) is 33.6 Å². The van der Waals surface area contributed by atoms with E-state index in [4.69, 9.17) is 0 Å². The molecule has 2 N–H and O–H groups in total. The normalized spacial score (nSPS) is 14.4. The van der Waals surface area contributed by atoms with Crippen LogP contribution in [0.15, 0.2) is 23.3 Å². The van der Waals surface area contributed by atoms with Crippen LogP contribution in [0.1, 0.15) is 17.7 Å². The van der Waals surface area contributed by atoms with Crippen LogP contribution in [0.5, 0.6) is 0 Å². The average Bonchev–Trinajstić information content (AvgIpc) is 2.29. The van der Waals surface area contributed by atoms with Gasteiger partial charge in [0.2, 0.25) is 0 Å². The van der Waals surface area contributed by atoms with Crippen LogP contribution in [0, 0.1) is 6.92 Å². The number of aliphatic imine (C=N–C) groups is 1. The maximum absolute atomic E-state index is 4.34. The molecule has 1 aliphatic rings. The lowest BCUT2D eigenvalue weighted by Crippen LogP contribution is -2.40. The molecule has 1 aromatic heterocycles. The van der Waals surface area contributed by atoms with Crippen molar-refractivity contribution in [1.82, 2.24) is 15.6 Å². The molecule has 0 aliphatic carbocycles. The van der Waals surface area contributed by atoms with Gasteiger partial charge < -0.3 is 10.6 Å². The maximum Gasteiger partial charge on any atom is 0.191 e. The molecule has 4 nitrogen and oxygen atoms in total. The Bertz CT molecular complexity index is 365. The van der Waals surface area contributed by atoms with Gasteiger partial charge in [-0.1, -0.05) is 6.07 Å². The zero-order valence-electron chi connectivity index (χ0n) is 9.36. The fourth-order valence-electron chi connectivity index (χ4n) is 1.52. The van der Waals surface area contributed by atoms with Gasteiger partial charge in [0.05, 0.1) is 12.2 Å². The molecule has 16 heavy (non-hydrogen) atoms. The summed E-state index contributed by atoms with van der Waals surface area (Å²) in [5, 5.41) is 6.47. The zero-order valence-corrected chi connectivity index (χ0v) is 11.7. The first-order valence-electron chi connectivity index (χ1n) is 5.29. The minimum absolute atomic E-state index is 0. The second kappa shape index (κ2) is 6.67. The number of rotatable bonds is 2. The molecule has 88 valence electrons. The van der Waals surface area contributed by atoms with Gasteiger partial charge in [-0.2, -0.15) is 0 Å². The molecule has 0 fully saturated rings. The van der Waals surface area contributed by atoms with Crippen LogP contribution in [-0.2, 0) is 6.54 Å². The summed E-state index contributed by atoms with van der Waals surface area (Å²) in [6.07, 6.45) is 2.94. The summed E-state index contributed by atoms with van der Waals surface area (Å²) in [4.78, 5) is 8.66. The van der Waals surface area contributed by atoms with E-state index in [1.165, 1.54) is 5.56 Å². The van der Waals surface area contributed by atoms with Gasteiger partial charge in [-0.25, -0.2) is 0 Å². The third-order valence-electron chi connectivity index (χ3n) is 2.44. The first kappa shape index (κ1) is 13.2. The van der Waals surface area contributed by atoms with E-state index < -0.39 is 0 Å². The number of nitrogens with one attached hydrogen (secondary N) is 2. The third kappa shape index (κ3) is 3.62. The predicted octanol–water partition coefficient (Wildman–Crippen LogP) is 1.45. The Morgan fingerprint density at radius 2 is 2.38 bits per heavy atom. The number of aromatic nitrogens is 1. The Kier molecular flexibility index (Phi) is 5.51. The zero-order chi connectivity index (χ0) is 10.5. The van der Waals surface area contributed by atoms with E-state index in [0.29, 0.717) is 0 Å². The molecule has 0 saturated carbocycles. The molecule has 0 aromatic carbocycles. The second-order valence-corrected chi connectivity index (χ2v) is 3.63. The van der Waals surface area contributed by atoms with Gasteiger partial charge in [0, 0.05) is 19.3 Å². The summed E-state index contributed by atoms with van der Waals surface area (Å²) in [5.41, 5.74) is 2.29. The van der Waals surface area contributed by atoms with Crippen molar-refractivity contribution in [2.24, 2.45) is 4.99 Å². The molecule has 2 heterocycles. The highest BCUT2D eigenvalue weighted by atomic mass is 127. The third-order valence-corrected chi connectivity index (χ3v) is 2.44. The van der Waals surface area contributed by atoms with Gasteiger partial charge in [-0.15, -0.1) is 24.0 Å². The Morgan fingerprint density at radius 3 is 3.06 bits per heavy atom. The standard InChI is InChI=1S/C11H16N4.HI/c1-9-4-2-5-12-10(9)8-15-11-13-6-3-7-14-11;/h2,4-5H,3,6-8H2,1H3,(H2,13,14,15);1H. The van der Waals surface area contributed by atoms with Gasteiger partial charge in [-0.05, 0) is 25.0 Å². The van der Waals surface area contributed by atoms with Crippen molar-refractivity contribution in [3.63, 3.8) is 0 Å². The first-order chi connectivity index (χ1) is 7.36. The number of pyridine rings is 1. The lowest BCUT2D eigenvalue weighted by molar-refractivity contribution is 0.697. The molecule has 0 saturated heterocycles. The van der Waals surface area contributed by atoms with E-state index in [1.54, 1.807) is 0 Å². The van der Waals surface area contributed by atoms with Crippen LogP contribution in [0.4, 0.5) is 0 Å².